The van der Waals surface area contributed by atoms with E-state index in [1.54, 1.807) is 6.92 Å². The zero-order chi connectivity index (χ0) is 14.2. The molecule has 0 saturated heterocycles. The summed E-state index contributed by atoms with van der Waals surface area (Å²) in [5, 5.41) is 0.272. The Kier molecular flexibility index (Phi) is 4.49. The average molecular weight is 270 g/mol. The second kappa shape index (κ2) is 5.08. The van der Waals surface area contributed by atoms with Gasteiger partial charge in [0.25, 0.3) is 0 Å². The standard InChI is InChI=1S/C15H30O2Si/c1-12(16)15(5)10-8-13(9-11-15)17-18(6,7)14(2,3)4/h13H,8-11H2,1-7H3/t13-,15+. The zero-order valence-corrected chi connectivity index (χ0v) is 14.2. The van der Waals surface area contributed by atoms with Crippen LogP contribution in [0.1, 0.15) is 60.3 Å². The lowest BCUT2D eigenvalue weighted by Gasteiger charge is -2.43. The van der Waals surface area contributed by atoms with Crippen molar-refractivity contribution in [3.63, 3.8) is 0 Å². The molecule has 0 aromatic carbocycles. The molecule has 0 atom stereocenters. The van der Waals surface area contributed by atoms with Crippen molar-refractivity contribution in [1.82, 2.24) is 0 Å². The molecule has 0 bridgehead atoms. The lowest BCUT2D eigenvalue weighted by atomic mass is 9.72. The SMILES string of the molecule is CC(=O)[C@]1(C)CC[C@H](O[Si](C)(C)C(C)(C)C)CC1. The molecule has 1 aliphatic rings. The monoisotopic (exact) mass is 270 g/mol. The van der Waals surface area contributed by atoms with Crippen molar-refractivity contribution in [2.45, 2.75) is 84.5 Å². The van der Waals surface area contributed by atoms with E-state index in [1.807, 2.05) is 0 Å². The van der Waals surface area contributed by atoms with Crippen LogP contribution in [-0.2, 0) is 9.22 Å². The molecule has 0 spiro atoms. The first-order valence-corrected chi connectivity index (χ1v) is 10.1. The summed E-state index contributed by atoms with van der Waals surface area (Å²) >= 11 is 0. The van der Waals surface area contributed by atoms with E-state index < -0.39 is 8.32 Å². The molecule has 18 heavy (non-hydrogen) atoms. The number of Topliss-reactive ketones (excluding diaryl/α,β-unsaturated/α-hetero) is 1. The summed E-state index contributed by atoms with van der Waals surface area (Å²) in [6, 6.07) is 0. The average Bonchev–Trinajstić information content (AvgIpc) is 2.19. The summed E-state index contributed by atoms with van der Waals surface area (Å²) in [6.45, 7) is 15.3. The minimum Gasteiger partial charge on any atom is -0.414 e. The third-order valence-electron chi connectivity index (χ3n) is 5.15. The Morgan fingerprint density at radius 1 is 1.22 bits per heavy atom. The normalized spacial score (nSPS) is 30.3. The van der Waals surface area contributed by atoms with Crippen molar-refractivity contribution in [3.05, 3.63) is 0 Å². The van der Waals surface area contributed by atoms with Crippen LogP contribution in [0.4, 0.5) is 0 Å². The van der Waals surface area contributed by atoms with Gasteiger partial charge in [0.2, 0.25) is 0 Å². The van der Waals surface area contributed by atoms with Gasteiger partial charge in [0.05, 0.1) is 0 Å². The van der Waals surface area contributed by atoms with Gasteiger partial charge in [-0.05, 0) is 50.7 Å². The van der Waals surface area contributed by atoms with Crippen LogP contribution in [0.5, 0.6) is 0 Å². The van der Waals surface area contributed by atoms with Crippen molar-refractivity contribution >= 4 is 14.1 Å². The van der Waals surface area contributed by atoms with Crippen LogP contribution >= 0.6 is 0 Å². The molecule has 0 N–H and O–H groups in total. The molecule has 1 rings (SSSR count). The van der Waals surface area contributed by atoms with Gasteiger partial charge in [0.1, 0.15) is 5.78 Å². The van der Waals surface area contributed by atoms with E-state index >= 15 is 0 Å². The molecule has 0 heterocycles. The second-order valence-electron chi connectivity index (χ2n) is 7.69. The maximum absolute atomic E-state index is 11.6. The predicted octanol–water partition coefficient (Wildman–Crippen LogP) is 4.55. The molecule has 0 radical (unpaired) electrons. The topological polar surface area (TPSA) is 26.3 Å². The molecule has 1 aliphatic carbocycles. The van der Waals surface area contributed by atoms with Gasteiger partial charge in [0.15, 0.2) is 8.32 Å². The second-order valence-corrected chi connectivity index (χ2v) is 12.5. The minimum absolute atomic E-state index is 0.0900. The van der Waals surface area contributed by atoms with Crippen molar-refractivity contribution in [1.29, 1.82) is 0 Å². The van der Waals surface area contributed by atoms with Crippen LogP contribution in [0.25, 0.3) is 0 Å². The molecule has 0 aromatic heterocycles. The molecule has 3 heteroatoms. The van der Waals surface area contributed by atoms with Crippen molar-refractivity contribution in [2.24, 2.45) is 5.41 Å². The molecule has 2 nitrogen and oxygen atoms in total. The van der Waals surface area contributed by atoms with Gasteiger partial charge in [-0.25, -0.2) is 0 Å². The predicted molar refractivity (Wildman–Crippen MR) is 79.3 cm³/mol. The summed E-state index contributed by atoms with van der Waals surface area (Å²) in [5.74, 6) is 0.341. The summed E-state index contributed by atoms with van der Waals surface area (Å²) in [5.41, 5.74) is -0.0900. The van der Waals surface area contributed by atoms with E-state index in [0.29, 0.717) is 11.9 Å². The molecular formula is C15H30O2Si. The van der Waals surface area contributed by atoms with E-state index in [1.165, 1.54) is 0 Å². The molecule has 106 valence electrons. The summed E-state index contributed by atoms with van der Waals surface area (Å²) in [6.07, 6.45) is 4.44. The number of carbonyl (C=O) groups excluding carboxylic acids is 1. The molecule has 1 fully saturated rings. The van der Waals surface area contributed by atoms with Gasteiger partial charge in [-0.15, -0.1) is 0 Å². The van der Waals surface area contributed by atoms with Gasteiger partial charge in [-0.3, -0.25) is 4.79 Å². The first-order chi connectivity index (χ1) is 7.98. The highest BCUT2D eigenvalue weighted by molar-refractivity contribution is 6.74. The first kappa shape index (κ1) is 15.9. The van der Waals surface area contributed by atoms with Crippen molar-refractivity contribution < 1.29 is 9.22 Å². The molecule has 0 aromatic rings. The first-order valence-electron chi connectivity index (χ1n) is 7.17. The molecule has 0 unspecified atom stereocenters. The number of hydrogen-bond donors (Lipinski definition) is 0. The lowest BCUT2D eigenvalue weighted by molar-refractivity contribution is -0.128. The Hall–Kier alpha value is -0.153. The Morgan fingerprint density at radius 3 is 2.00 bits per heavy atom. The van der Waals surface area contributed by atoms with E-state index in [9.17, 15) is 4.79 Å². The Labute approximate surface area is 114 Å². The Morgan fingerprint density at radius 2 is 1.67 bits per heavy atom. The van der Waals surface area contributed by atoms with Gasteiger partial charge < -0.3 is 4.43 Å². The number of ketones is 1. The number of hydrogen-bond acceptors (Lipinski definition) is 2. The quantitative estimate of drug-likeness (QED) is 0.703. The molecule has 1 saturated carbocycles. The lowest BCUT2D eigenvalue weighted by Crippen LogP contribution is -2.45. The fourth-order valence-electron chi connectivity index (χ4n) is 2.29. The highest BCUT2D eigenvalue weighted by Gasteiger charge is 2.42. The van der Waals surface area contributed by atoms with Crippen LogP contribution in [0, 0.1) is 5.41 Å². The van der Waals surface area contributed by atoms with E-state index in [0.717, 1.165) is 25.7 Å². The fourth-order valence-corrected chi connectivity index (χ4v) is 3.71. The highest BCUT2D eigenvalue weighted by Crippen LogP contribution is 2.42. The Bertz CT molecular complexity index is 307. The van der Waals surface area contributed by atoms with E-state index in [4.69, 9.17) is 4.43 Å². The van der Waals surface area contributed by atoms with E-state index in [-0.39, 0.29) is 10.5 Å². The van der Waals surface area contributed by atoms with Gasteiger partial charge in [-0.2, -0.15) is 0 Å². The Balaban J connectivity index is 2.58. The zero-order valence-electron chi connectivity index (χ0n) is 13.2. The van der Waals surface area contributed by atoms with E-state index in [2.05, 4.69) is 40.8 Å². The summed E-state index contributed by atoms with van der Waals surface area (Å²) < 4.78 is 6.44. The van der Waals surface area contributed by atoms with Crippen LogP contribution in [0.3, 0.4) is 0 Å². The fraction of sp³-hybridized carbons (Fsp3) is 0.933. The van der Waals surface area contributed by atoms with Gasteiger partial charge in [0, 0.05) is 11.5 Å². The summed E-state index contributed by atoms with van der Waals surface area (Å²) in [7, 11) is -1.65. The maximum atomic E-state index is 11.6. The molecule has 0 aliphatic heterocycles. The number of rotatable bonds is 3. The highest BCUT2D eigenvalue weighted by atomic mass is 28.4. The van der Waals surface area contributed by atoms with Crippen molar-refractivity contribution in [2.75, 3.05) is 0 Å². The van der Waals surface area contributed by atoms with Crippen LogP contribution in [0.2, 0.25) is 18.1 Å². The number of carbonyl (C=O) groups is 1. The van der Waals surface area contributed by atoms with Crippen molar-refractivity contribution in [3.8, 4) is 0 Å². The third kappa shape index (κ3) is 3.44. The molecule has 0 amide bonds. The van der Waals surface area contributed by atoms with Gasteiger partial charge in [-0.1, -0.05) is 27.7 Å². The van der Waals surface area contributed by atoms with Crippen LogP contribution in [0.15, 0.2) is 0 Å². The van der Waals surface area contributed by atoms with Gasteiger partial charge >= 0.3 is 0 Å². The summed E-state index contributed by atoms with van der Waals surface area (Å²) in [4.78, 5) is 11.6. The largest absolute Gasteiger partial charge is 0.414 e. The maximum Gasteiger partial charge on any atom is 0.192 e. The molecular weight excluding hydrogens is 240 g/mol. The third-order valence-corrected chi connectivity index (χ3v) is 9.69. The minimum atomic E-state index is -1.65. The van der Waals surface area contributed by atoms with Crippen LogP contribution < -0.4 is 0 Å². The van der Waals surface area contributed by atoms with Crippen LogP contribution in [-0.4, -0.2) is 20.2 Å². The smallest absolute Gasteiger partial charge is 0.192 e.